The van der Waals surface area contributed by atoms with E-state index in [2.05, 4.69) is 22.3 Å². The van der Waals surface area contributed by atoms with E-state index in [0.717, 1.165) is 40.4 Å². The van der Waals surface area contributed by atoms with Gasteiger partial charge in [-0.15, -0.1) is 0 Å². The number of aromatic nitrogens is 3. The molecule has 0 radical (unpaired) electrons. The van der Waals surface area contributed by atoms with Gasteiger partial charge in [0, 0.05) is 36.8 Å². The zero-order valence-corrected chi connectivity index (χ0v) is 27.0. The maximum absolute atomic E-state index is 13.7. The van der Waals surface area contributed by atoms with Crippen molar-refractivity contribution in [3.63, 3.8) is 0 Å². The molecule has 0 saturated carbocycles. The summed E-state index contributed by atoms with van der Waals surface area (Å²) in [6.45, 7) is 9.21. The number of nitrogens with one attached hydrogen (secondary N) is 1. The van der Waals surface area contributed by atoms with Crippen LogP contribution in [0.1, 0.15) is 68.4 Å². The summed E-state index contributed by atoms with van der Waals surface area (Å²) in [6, 6.07) is 17.3. The zero-order valence-electron chi connectivity index (χ0n) is 27.0. The molecular formula is C37H39FN6O3. The number of benzene rings is 3. The van der Waals surface area contributed by atoms with Gasteiger partial charge in [-0.2, -0.15) is 5.10 Å². The molecule has 3 aromatic carbocycles. The number of nitrogens with two attached hydrogens (primary N) is 2. The van der Waals surface area contributed by atoms with Crippen molar-refractivity contribution >= 4 is 28.5 Å². The SMILES string of the molecule is CC(C)C(=O)N1CCC(c2cc(-c3ccc(-c4c(C(N)=O)c(=O)c(-c5ccc(F)cc5)cn4C(C)C)cc3)c3c(N)n[nH]c3c2)CC1. The van der Waals surface area contributed by atoms with E-state index >= 15 is 0 Å². The molecule has 0 spiro atoms. The Hall–Kier alpha value is -5.25. The van der Waals surface area contributed by atoms with Gasteiger partial charge in [0.15, 0.2) is 5.82 Å². The van der Waals surface area contributed by atoms with Gasteiger partial charge in [-0.1, -0.05) is 50.2 Å². The molecule has 0 bridgehead atoms. The number of hydrogen-bond donors (Lipinski definition) is 3. The highest BCUT2D eigenvalue weighted by Crippen LogP contribution is 2.39. The first-order valence-corrected chi connectivity index (χ1v) is 16.0. The summed E-state index contributed by atoms with van der Waals surface area (Å²) in [7, 11) is 0. The van der Waals surface area contributed by atoms with Crippen molar-refractivity contribution in [3.8, 4) is 33.5 Å². The number of pyridine rings is 1. The molecule has 5 N–H and O–H groups in total. The fourth-order valence-corrected chi connectivity index (χ4v) is 6.67. The molecule has 1 saturated heterocycles. The van der Waals surface area contributed by atoms with Crippen LogP contribution in [0, 0.1) is 11.7 Å². The third-order valence-electron chi connectivity index (χ3n) is 9.15. The van der Waals surface area contributed by atoms with E-state index in [1.54, 1.807) is 6.20 Å². The van der Waals surface area contributed by atoms with Gasteiger partial charge in [-0.05, 0) is 84.7 Å². The van der Waals surface area contributed by atoms with Gasteiger partial charge in [0.1, 0.15) is 11.4 Å². The number of amides is 2. The fraction of sp³-hybridized carbons (Fsp3) is 0.297. The number of carbonyl (C=O) groups excluding carboxylic acids is 2. The minimum absolute atomic E-state index is 0.0209. The Morgan fingerprint density at radius 2 is 1.51 bits per heavy atom. The van der Waals surface area contributed by atoms with Gasteiger partial charge in [-0.25, -0.2) is 4.39 Å². The van der Waals surface area contributed by atoms with Crippen molar-refractivity contribution in [1.82, 2.24) is 19.7 Å². The quantitative estimate of drug-likeness (QED) is 0.188. The minimum atomic E-state index is -0.839. The lowest BCUT2D eigenvalue weighted by Gasteiger charge is -2.33. The molecule has 10 heteroatoms. The molecule has 242 valence electrons. The fourth-order valence-electron chi connectivity index (χ4n) is 6.67. The number of rotatable bonds is 7. The highest BCUT2D eigenvalue weighted by Gasteiger charge is 2.27. The van der Waals surface area contributed by atoms with Crippen LogP contribution in [0.25, 0.3) is 44.4 Å². The third-order valence-corrected chi connectivity index (χ3v) is 9.15. The Bertz CT molecular complexity index is 2040. The third kappa shape index (κ3) is 5.91. The number of aromatic amines is 1. The van der Waals surface area contributed by atoms with Crippen molar-refractivity contribution < 1.29 is 14.0 Å². The van der Waals surface area contributed by atoms with Gasteiger partial charge >= 0.3 is 0 Å². The van der Waals surface area contributed by atoms with E-state index in [0.29, 0.717) is 35.7 Å². The normalized spacial score (nSPS) is 14.0. The lowest BCUT2D eigenvalue weighted by molar-refractivity contribution is -0.135. The zero-order chi connectivity index (χ0) is 33.6. The molecule has 9 nitrogen and oxygen atoms in total. The molecule has 1 fully saturated rings. The molecule has 1 aliphatic heterocycles. The van der Waals surface area contributed by atoms with Gasteiger partial charge in [0.05, 0.1) is 16.6 Å². The maximum atomic E-state index is 13.7. The molecule has 6 rings (SSSR count). The van der Waals surface area contributed by atoms with E-state index in [9.17, 15) is 18.8 Å². The van der Waals surface area contributed by atoms with Crippen LogP contribution in [0.3, 0.4) is 0 Å². The summed E-state index contributed by atoms with van der Waals surface area (Å²) in [4.78, 5) is 41.1. The van der Waals surface area contributed by atoms with Crippen molar-refractivity contribution in [2.45, 2.75) is 52.5 Å². The molecule has 0 atom stereocenters. The van der Waals surface area contributed by atoms with Crippen molar-refractivity contribution in [3.05, 3.63) is 94.0 Å². The van der Waals surface area contributed by atoms with Crippen LogP contribution < -0.4 is 16.9 Å². The molecular weight excluding hydrogens is 595 g/mol. The summed E-state index contributed by atoms with van der Waals surface area (Å²) >= 11 is 0. The molecule has 2 amide bonds. The van der Waals surface area contributed by atoms with Gasteiger partial charge < -0.3 is 20.9 Å². The molecule has 47 heavy (non-hydrogen) atoms. The Kier molecular flexibility index (Phi) is 8.44. The molecule has 3 heterocycles. The summed E-state index contributed by atoms with van der Waals surface area (Å²) in [6.07, 6.45) is 3.43. The van der Waals surface area contributed by atoms with E-state index < -0.39 is 17.2 Å². The highest BCUT2D eigenvalue weighted by molar-refractivity contribution is 6.03. The van der Waals surface area contributed by atoms with E-state index in [4.69, 9.17) is 11.5 Å². The van der Waals surface area contributed by atoms with E-state index in [1.165, 1.54) is 24.3 Å². The van der Waals surface area contributed by atoms with Crippen LogP contribution in [0.2, 0.25) is 0 Å². The Morgan fingerprint density at radius 3 is 2.11 bits per heavy atom. The number of hydrogen-bond acceptors (Lipinski definition) is 5. The monoisotopic (exact) mass is 634 g/mol. The predicted octanol–water partition coefficient (Wildman–Crippen LogP) is 6.49. The summed E-state index contributed by atoms with van der Waals surface area (Å²) < 4.78 is 15.5. The average Bonchev–Trinajstić information content (AvgIpc) is 3.44. The average molecular weight is 635 g/mol. The first kappa shape index (κ1) is 31.7. The lowest BCUT2D eigenvalue weighted by atomic mass is 9.86. The first-order valence-electron chi connectivity index (χ1n) is 16.0. The molecule has 5 aromatic rings. The summed E-state index contributed by atoms with van der Waals surface area (Å²) in [5.41, 5.74) is 17.2. The number of primary amides is 1. The molecule has 0 unspecified atom stereocenters. The standard InChI is InChI=1S/C37H39FN6O3/c1-20(2)37(47)43-15-13-22(14-16-43)26-17-28(31-30(18-26)41-42-35(31)39)23-5-7-25(8-6-23)33-32(36(40)46)34(45)29(19-44(33)21(3)4)24-9-11-27(38)12-10-24/h5-12,17-22H,13-16H2,1-4H3,(H2,40,46)(H3,39,41,42). The maximum Gasteiger partial charge on any atom is 0.254 e. The van der Waals surface area contributed by atoms with Crippen LogP contribution in [-0.4, -0.2) is 44.6 Å². The number of likely N-dealkylation sites (tertiary alicyclic amines) is 1. The second kappa shape index (κ2) is 12.5. The number of H-pyrrole nitrogens is 1. The van der Waals surface area contributed by atoms with Crippen molar-refractivity contribution in [2.24, 2.45) is 11.7 Å². The van der Waals surface area contributed by atoms with Gasteiger partial charge in [0.2, 0.25) is 11.3 Å². The van der Waals surface area contributed by atoms with E-state index in [-0.39, 0.29) is 34.9 Å². The second-order valence-electron chi connectivity index (χ2n) is 12.9. The number of anilines is 1. The van der Waals surface area contributed by atoms with Crippen LogP contribution in [0.4, 0.5) is 10.2 Å². The van der Waals surface area contributed by atoms with Gasteiger partial charge in [-0.3, -0.25) is 19.5 Å². The number of nitrogens with zero attached hydrogens (tertiary/aromatic N) is 3. The molecule has 0 aliphatic carbocycles. The topological polar surface area (TPSA) is 140 Å². The number of halogens is 1. The van der Waals surface area contributed by atoms with Crippen molar-refractivity contribution in [2.75, 3.05) is 18.8 Å². The van der Waals surface area contributed by atoms with Crippen LogP contribution in [0.15, 0.2) is 71.7 Å². The minimum Gasteiger partial charge on any atom is -0.382 e. The van der Waals surface area contributed by atoms with E-state index in [1.807, 2.05) is 61.4 Å². The lowest BCUT2D eigenvalue weighted by Crippen LogP contribution is -2.40. The number of carbonyl (C=O) groups is 2. The number of nitrogen functional groups attached to an aromatic ring is 1. The summed E-state index contributed by atoms with van der Waals surface area (Å²) in [5.74, 6) is -0.427. The van der Waals surface area contributed by atoms with Crippen LogP contribution in [0.5, 0.6) is 0 Å². The molecule has 2 aromatic heterocycles. The largest absolute Gasteiger partial charge is 0.382 e. The smallest absolute Gasteiger partial charge is 0.254 e. The van der Waals surface area contributed by atoms with Crippen LogP contribution >= 0.6 is 0 Å². The number of fused-ring (bicyclic) bond motifs is 1. The van der Waals surface area contributed by atoms with Crippen LogP contribution in [-0.2, 0) is 4.79 Å². The second-order valence-corrected chi connectivity index (χ2v) is 12.9. The Labute approximate surface area is 272 Å². The summed E-state index contributed by atoms with van der Waals surface area (Å²) in [5, 5.41) is 8.18. The first-order chi connectivity index (χ1) is 22.4. The number of piperidine rings is 1. The highest BCUT2D eigenvalue weighted by atomic mass is 19.1. The Balaban J connectivity index is 1.41. The molecule has 1 aliphatic rings. The van der Waals surface area contributed by atoms with Crippen molar-refractivity contribution in [1.29, 1.82) is 0 Å². The predicted molar refractivity (Wildman–Crippen MR) is 183 cm³/mol. The Morgan fingerprint density at radius 1 is 0.915 bits per heavy atom. The van der Waals surface area contributed by atoms with Gasteiger partial charge in [0.25, 0.3) is 5.91 Å².